The minimum absolute atomic E-state index is 0.00894. The highest BCUT2D eigenvalue weighted by Crippen LogP contribution is 2.23. The van der Waals surface area contributed by atoms with Gasteiger partial charge in [-0.2, -0.15) is 0 Å². The minimum Gasteiger partial charge on any atom is -0.354 e. The molecule has 6 nitrogen and oxygen atoms in total. The molecule has 7 heteroatoms. The van der Waals surface area contributed by atoms with Crippen molar-refractivity contribution in [3.8, 4) is 0 Å². The van der Waals surface area contributed by atoms with Crippen LogP contribution in [0.4, 0.5) is 5.00 Å². The largest absolute Gasteiger partial charge is 0.354 e. The number of nitrogens with zero attached hydrogens (tertiary/aromatic N) is 1. The van der Waals surface area contributed by atoms with Crippen LogP contribution in [0.1, 0.15) is 25.1 Å². The van der Waals surface area contributed by atoms with Crippen LogP contribution in [0.25, 0.3) is 0 Å². The molecule has 1 heterocycles. The Kier molecular flexibility index (Phi) is 5.73. The van der Waals surface area contributed by atoms with E-state index in [9.17, 15) is 14.9 Å². The highest BCUT2D eigenvalue weighted by Gasteiger charge is 2.09. The smallest absolute Gasteiger partial charge is 0.324 e. The number of thiophene rings is 1. The Morgan fingerprint density at radius 3 is 2.78 bits per heavy atom. The van der Waals surface area contributed by atoms with Crippen molar-refractivity contribution in [2.24, 2.45) is 0 Å². The number of nitro groups is 1. The summed E-state index contributed by atoms with van der Waals surface area (Å²) in [5, 5.41) is 16.5. The van der Waals surface area contributed by atoms with Crippen molar-refractivity contribution < 1.29 is 9.72 Å². The van der Waals surface area contributed by atoms with Crippen molar-refractivity contribution >= 4 is 22.2 Å². The van der Waals surface area contributed by atoms with Crippen molar-refractivity contribution in [1.29, 1.82) is 0 Å². The molecule has 0 fully saturated rings. The highest BCUT2D eigenvalue weighted by molar-refractivity contribution is 7.15. The number of hydrogen-bond donors (Lipinski definition) is 2. The Hall–Kier alpha value is -1.47. The number of carbonyl (C=O) groups is 1. The van der Waals surface area contributed by atoms with Crippen LogP contribution in [-0.4, -0.2) is 23.4 Å². The van der Waals surface area contributed by atoms with Crippen LogP contribution in [0.2, 0.25) is 0 Å². The number of carbonyl (C=O) groups excluding carboxylic acids is 1. The maximum absolute atomic E-state index is 11.3. The average Bonchev–Trinajstić information content (AvgIpc) is 2.72. The van der Waals surface area contributed by atoms with Crippen LogP contribution in [0.3, 0.4) is 0 Å². The van der Waals surface area contributed by atoms with Gasteiger partial charge in [-0.3, -0.25) is 14.9 Å². The molecule has 0 unspecified atom stereocenters. The molecule has 0 bridgehead atoms. The third-order valence-electron chi connectivity index (χ3n) is 2.11. The Bertz CT molecular complexity index is 417. The number of nitrogens with one attached hydrogen (secondary N) is 2. The minimum atomic E-state index is -0.399. The maximum atomic E-state index is 11.3. The molecule has 2 N–H and O–H groups in total. The lowest BCUT2D eigenvalue weighted by molar-refractivity contribution is -0.380. The molecule has 0 aliphatic rings. The van der Waals surface area contributed by atoms with Gasteiger partial charge < -0.3 is 10.6 Å². The molecule has 1 aromatic heterocycles. The molecule has 0 spiro atoms. The molecule has 0 aliphatic heterocycles. The van der Waals surface area contributed by atoms with Crippen LogP contribution >= 0.6 is 11.3 Å². The topological polar surface area (TPSA) is 84.3 Å². The standard InChI is InChI=1S/C11H17N3O3S/c1-8(2)13-10(15)5-6-12-7-9-3-4-11(18-9)14(16)17/h3-4,8,12H,5-7H2,1-2H3,(H,13,15). The van der Waals surface area contributed by atoms with Crippen molar-refractivity contribution in [2.45, 2.75) is 32.9 Å². The van der Waals surface area contributed by atoms with Gasteiger partial charge in [0.1, 0.15) is 0 Å². The van der Waals surface area contributed by atoms with Crippen molar-refractivity contribution in [3.05, 3.63) is 27.1 Å². The predicted molar refractivity (Wildman–Crippen MR) is 70.6 cm³/mol. The van der Waals surface area contributed by atoms with Crippen molar-refractivity contribution in [2.75, 3.05) is 6.54 Å². The van der Waals surface area contributed by atoms with Gasteiger partial charge in [0.2, 0.25) is 5.91 Å². The SMILES string of the molecule is CC(C)NC(=O)CCNCc1ccc([N+](=O)[O-])s1. The molecule has 18 heavy (non-hydrogen) atoms. The first kappa shape index (κ1) is 14.6. The van der Waals surface area contributed by atoms with Crippen LogP contribution in [0.15, 0.2) is 12.1 Å². The zero-order valence-electron chi connectivity index (χ0n) is 10.4. The van der Waals surface area contributed by atoms with E-state index in [2.05, 4.69) is 10.6 Å². The Morgan fingerprint density at radius 2 is 2.22 bits per heavy atom. The molecule has 0 aromatic carbocycles. The van der Waals surface area contributed by atoms with Crippen LogP contribution in [0, 0.1) is 10.1 Å². The summed E-state index contributed by atoms with van der Waals surface area (Å²) in [4.78, 5) is 22.3. The molecule has 1 aromatic rings. The summed E-state index contributed by atoms with van der Waals surface area (Å²) in [6.45, 7) is 4.93. The van der Waals surface area contributed by atoms with Gasteiger partial charge in [0.15, 0.2) is 0 Å². The van der Waals surface area contributed by atoms with Gasteiger partial charge in [0.05, 0.1) is 4.92 Å². The fourth-order valence-electron chi connectivity index (χ4n) is 1.37. The van der Waals surface area contributed by atoms with E-state index in [1.54, 1.807) is 6.07 Å². The second-order valence-electron chi connectivity index (χ2n) is 4.15. The molecule has 0 saturated heterocycles. The first-order chi connectivity index (χ1) is 8.49. The fourth-order valence-corrected chi connectivity index (χ4v) is 2.16. The van der Waals surface area contributed by atoms with E-state index in [1.165, 1.54) is 6.07 Å². The molecular weight excluding hydrogens is 254 g/mol. The van der Waals surface area contributed by atoms with E-state index in [1.807, 2.05) is 13.8 Å². The average molecular weight is 271 g/mol. The number of amides is 1. The summed E-state index contributed by atoms with van der Waals surface area (Å²) in [7, 11) is 0. The van der Waals surface area contributed by atoms with Gasteiger partial charge in [-0.1, -0.05) is 11.3 Å². The van der Waals surface area contributed by atoms with E-state index in [0.29, 0.717) is 19.5 Å². The van der Waals surface area contributed by atoms with Crippen molar-refractivity contribution in [3.63, 3.8) is 0 Å². The molecule has 1 amide bonds. The number of hydrogen-bond acceptors (Lipinski definition) is 5. The molecule has 100 valence electrons. The second kappa shape index (κ2) is 7.07. The summed E-state index contributed by atoms with van der Waals surface area (Å²) in [5.41, 5.74) is 0. The third kappa shape index (κ3) is 5.24. The summed E-state index contributed by atoms with van der Waals surface area (Å²) in [5.74, 6) is 0.00894. The molecule has 0 atom stereocenters. The van der Waals surface area contributed by atoms with E-state index in [-0.39, 0.29) is 17.0 Å². The van der Waals surface area contributed by atoms with E-state index in [4.69, 9.17) is 0 Å². The van der Waals surface area contributed by atoms with E-state index < -0.39 is 4.92 Å². The van der Waals surface area contributed by atoms with Gasteiger partial charge in [-0.15, -0.1) is 0 Å². The highest BCUT2D eigenvalue weighted by atomic mass is 32.1. The summed E-state index contributed by atoms with van der Waals surface area (Å²) in [6.07, 6.45) is 0.408. The van der Waals surface area contributed by atoms with Crippen LogP contribution < -0.4 is 10.6 Å². The van der Waals surface area contributed by atoms with Gasteiger partial charge in [-0.05, 0) is 19.9 Å². The zero-order chi connectivity index (χ0) is 13.5. The lowest BCUT2D eigenvalue weighted by Gasteiger charge is -2.08. The Morgan fingerprint density at radius 1 is 1.50 bits per heavy atom. The predicted octanol–water partition coefficient (Wildman–Crippen LogP) is 1.66. The van der Waals surface area contributed by atoms with Gasteiger partial charge in [-0.25, -0.2) is 0 Å². The van der Waals surface area contributed by atoms with Crippen LogP contribution in [-0.2, 0) is 11.3 Å². The molecule has 0 saturated carbocycles. The van der Waals surface area contributed by atoms with Gasteiger partial charge >= 0.3 is 5.00 Å². The normalized spacial score (nSPS) is 10.6. The monoisotopic (exact) mass is 271 g/mol. The molecular formula is C11H17N3O3S. The fraction of sp³-hybridized carbons (Fsp3) is 0.545. The maximum Gasteiger partial charge on any atom is 0.324 e. The molecule has 0 radical (unpaired) electrons. The lowest BCUT2D eigenvalue weighted by Crippen LogP contribution is -2.32. The lowest BCUT2D eigenvalue weighted by atomic mass is 10.3. The molecule has 0 aliphatic carbocycles. The Labute approximate surface area is 110 Å². The third-order valence-corrected chi connectivity index (χ3v) is 3.14. The first-order valence-corrected chi connectivity index (χ1v) is 6.54. The van der Waals surface area contributed by atoms with E-state index in [0.717, 1.165) is 16.2 Å². The van der Waals surface area contributed by atoms with Gasteiger partial charge in [0, 0.05) is 36.5 Å². The quantitative estimate of drug-likeness (QED) is 0.449. The second-order valence-corrected chi connectivity index (χ2v) is 5.29. The first-order valence-electron chi connectivity index (χ1n) is 5.72. The summed E-state index contributed by atoms with van der Waals surface area (Å²) < 4.78 is 0. The zero-order valence-corrected chi connectivity index (χ0v) is 11.3. The summed E-state index contributed by atoms with van der Waals surface area (Å²) in [6, 6.07) is 3.37. The van der Waals surface area contributed by atoms with Gasteiger partial charge in [0.25, 0.3) is 0 Å². The van der Waals surface area contributed by atoms with Crippen LogP contribution in [0.5, 0.6) is 0 Å². The summed E-state index contributed by atoms with van der Waals surface area (Å²) >= 11 is 1.15. The molecule has 1 rings (SSSR count). The Balaban J connectivity index is 2.21. The van der Waals surface area contributed by atoms with Crippen molar-refractivity contribution in [1.82, 2.24) is 10.6 Å². The number of rotatable bonds is 7. The van der Waals surface area contributed by atoms with E-state index >= 15 is 0 Å².